The van der Waals surface area contributed by atoms with Gasteiger partial charge >= 0.3 is 0 Å². The number of hydrogen-bond donors (Lipinski definition) is 0. The standard InChI is InChI=1S/C21H19NO2S2/c1-23-15-6-10-18-20(12-15)26-21-13-16(24-2)7-11-19(21)22(18)14-4-8-17(25-3)9-5-14/h4-13H,1-3H3. The number of benzene rings is 3. The monoisotopic (exact) mass is 381 g/mol. The quantitative estimate of drug-likeness (QED) is 0.382. The van der Waals surface area contributed by atoms with E-state index in [2.05, 4.69) is 59.7 Å². The van der Waals surface area contributed by atoms with Crippen molar-refractivity contribution in [1.82, 2.24) is 0 Å². The summed E-state index contributed by atoms with van der Waals surface area (Å²) in [6.45, 7) is 0. The smallest absolute Gasteiger partial charge is 0.120 e. The highest BCUT2D eigenvalue weighted by Crippen LogP contribution is 2.53. The average molecular weight is 382 g/mol. The van der Waals surface area contributed by atoms with Gasteiger partial charge in [-0.15, -0.1) is 11.8 Å². The van der Waals surface area contributed by atoms with Crippen molar-refractivity contribution in [2.45, 2.75) is 14.7 Å². The number of methoxy groups -OCH3 is 2. The van der Waals surface area contributed by atoms with Crippen molar-refractivity contribution in [3.63, 3.8) is 0 Å². The third-order valence-electron chi connectivity index (χ3n) is 4.37. The Morgan fingerprint density at radius 2 is 1.31 bits per heavy atom. The number of fused-ring (bicyclic) bond motifs is 2. The van der Waals surface area contributed by atoms with Crippen LogP contribution in [0.25, 0.3) is 0 Å². The minimum absolute atomic E-state index is 0.861. The van der Waals surface area contributed by atoms with Gasteiger partial charge in [-0.3, -0.25) is 0 Å². The largest absolute Gasteiger partial charge is 0.497 e. The Bertz CT molecular complexity index is 888. The molecule has 0 aliphatic carbocycles. The Labute approximate surface area is 162 Å². The topological polar surface area (TPSA) is 21.7 Å². The molecule has 0 saturated carbocycles. The third kappa shape index (κ3) is 3.02. The highest BCUT2D eigenvalue weighted by molar-refractivity contribution is 7.99. The Balaban J connectivity index is 1.88. The van der Waals surface area contributed by atoms with Crippen LogP contribution in [-0.2, 0) is 0 Å². The van der Waals surface area contributed by atoms with E-state index in [1.807, 2.05) is 12.1 Å². The molecule has 1 heterocycles. The van der Waals surface area contributed by atoms with Crippen molar-refractivity contribution in [1.29, 1.82) is 0 Å². The van der Waals surface area contributed by atoms with Gasteiger partial charge in [0.15, 0.2) is 0 Å². The summed E-state index contributed by atoms with van der Waals surface area (Å²) in [6.07, 6.45) is 2.09. The Morgan fingerprint density at radius 1 is 0.769 bits per heavy atom. The van der Waals surface area contributed by atoms with E-state index in [0.29, 0.717) is 0 Å². The van der Waals surface area contributed by atoms with E-state index in [1.54, 1.807) is 37.7 Å². The molecule has 0 unspecified atom stereocenters. The number of nitrogens with zero attached hydrogens (tertiary/aromatic N) is 1. The van der Waals surface area contributed by atoms with Crippen LogP contribution >= 0.6 is 23.5 Å². The molecular formula is C21H19NO2S2. The highest BCUT2D eigenvalue weighted by atomic mass is 32.2. The zero-order valence-corrected chi connectivity index (χ0v) is 16.5. The molecule has 132 valence electrons. The fourth-order valence-corrected chi connectivity index (χ4v) is 4.56. The van der Waals surface area contributed by atoms with Crippen LogP contribution in [0.2, 0.25) is 0 Å². The van der Waals surface area contributed by atoms with E-state index in [4.69, 9.17) is 9.47 Å². The second kappa shape index (κ2) is 7.17. The van der Waals surface area contributed by atoms with Crippen molar-refractivity contribution in [3.8, 4) is 11.5 Å². The van der Waals surface area contributed by atoms with Crippen LogP contribution < -0.4 is 14.4 Å². The molecule has 1 aliphatic heterocycles. The SMILES string of the molecule is COc1ccc2c(c1)Sc1cc(OC)ccc1N2c1ccc(SC)cc1. The Kier molecular flexibility index (Phi) is 4.74. The molecule has 3 aromatic rings. The fraction of sp³-hybridized carbons (Fsp3) is 0.143. The molecule has 0 saturated heterocycles. The van der Waals surface area contributed by atoms with Crippen LogP contribution in [0.15, 0.2) is 75.4 Å². The van der Waals surface area contributed by atoms with Gasteiger partial charge in [-0.2, -0.15) is 0 Å². The second-order valence-corrected chi connectivity index (χ2v) is 7.77. The van der Waals surface area contributed by atoms with Crippen LogP contribution in [0.4, 0.5) is 17.1 Å². The van der Waals surface area contributed by atoms with Gasteiger partial charge in [0, 0.05) is 20.4 Å². The number of thioether (sulfide) groups is 1. The van der Waals surface area contributed by atoms with Gasteiger partial charge in [0.05, 0.1) is 25.6 Å². The lowest BCUT2D eigenvalue weighted by atomic mass is 10.1. The number of hydrogen-bond acceptors (Lipinski definition) is 5. The first-order valence-electron chi connectivity index (χ1n) is 8.21. The first kappa shape index (κ1) is 17.2. The maximum atomic E-state index is 5.43. The summed E-state index contributed by atoms with van der Waals surface area (Å²) in [4.78, 5) is 5.88. The van der Waals surface area contributed by atoms with Crippen LogP contribution in [0.1, 0.15) is 0 Å². The summed E-state index contributed by atoms with van der Waals surface area (Å²) < 4.78 is 10.9. The first-order chi connectivity index (χ1) is 12.7. The Hall–Kier alpha value is -2.24. The molecule has 0 aromatic heterocycles. The lowest BCUT2D eigenvalue weighted by molar-refractivity contribution is 0.413. The lowest BCUT2D eigenvalue weighted by Gasteiger charge is -2.33. The summed E-state index contributed by atoms with van der Waals surface area (Å²) in [7, 11) is 3.40. The number of rotatable bonds is 4. The molecule has 1 aliphatic rings. The van der Waals surface area contributed by atoms with Crippen molar-refractivity contribution in [2.75, 3.05) is 25.4 Å². The van der Waals surface area contributed by atoms with Crippen LogP contribution in [0, 0.1) is 0 Å². The summed E-state index contributed by atoms with van der Waals surface area (Å²) in [6, 6.07) is 21.1. The van der Waals surface area contributed by atoms with E-state index < -0.39 is 0 Å². The van der Waals surface area contributed by atoms with E-state index >= 15 is 0 Å². The molecule has 5 heteroatoms. The highest BCUT2D eigenvalue weighted by Gasteiger charge is 2.25. The van der Waals surface area contributed by atoms with Crippen molar-refractivity contribution in [3.05, 3.63) is 60.7 Å². The molecule has 0 atom stereocenters. The van der Waals surface area contributed by atoms with Gasteiger partial charge in [0.25, 0.3) is 0 Å². The van der Waals surface area contributed by atoms with Crippen molar-refractivity contribution < 1.29 is 9.47 Å². The fourth-order valence-electron chi connectivity index (χ4n) is 3.03. The molecular weight excluding hydrogens is 362 g/mol. The first-order valence-corrected chi connectivity index (χ1v) is 10.3. The normalized spacial score (nSPS) is 12.3. The molecule has 0 amide bonds. The molecule has 26 heavy (non-hydrogen) atoms. The molecule has 0 radical (unpaired) electrons. The van der Waals surface area contributed by atoms with Crippen molar-refractivity contribution in [2.24, 2.45) is 0 Å². The average Bonchev–Trinajstić information content (AvgIpc) is 2.71. The van der Waals surface area contributed by atoms with Gasteiger partial charge in [-0.25, -0.2) is 0 Å². The van der Waals surface area contributed by atoms with Gasteiger partial charge < -0.3 is 14.4 Å². The zero-order chi connectivity index (χ0) is 18.1. The molecule has 4 rings (SSSR count). The molecule has 3 aromatic carbocycles. The van der Waals surface area contributed by atoms with E-state index in [1.165, 1.54) is 14.7 Å². The summed E-state index contributed by atoms with van der Waals surface area (Å²) in [5.41, 5.74) is 3.46. The van der Waals surface area contributed by atoms with Crippen LogP contribution in [-0.4, -0.2) is 20.5 Å². The Morgan fingerprint density at radius 3 is 1.77 bits per heavy atom. The van der Waals surface area contributed by atoms with Crippen LogP contribution in [0.3, 0.4) is 0 Å². The van der Waals surface area contributed by atoms with E-state index in [-0.39, 0.29) is 0 Å². The third-order valence-corrected chi connectivity index (χ3v) is 6.20. The summed E-state index contributed by atoms with van der Waals surface area (Å²) >= 11 is 3.49. The second-order valence-electron chi connectivity index (χ2n) is 5.80. The lowest BCUT2D eigenvalue weighted by Crippen LogP contribution is -2.14. The van der Waals surface area contributed by atoms with Gasteiger partial charge in [-0.1, -0.05) is 11.8 Å². The number of ether oxygens (including phenoxy) is 2. The molecule has 3 nitrogen and oxygen atoms in total. The van der Waals surface area contributed by atoms with Crippen molar-refractivity contribution >= 4 is 40.6 Å². The van der Waals surface area contributed by atoms with Gasteiger partial charge in [-0.05, 0) is 66.9 Å². The minimum Gasteiger partial charge on any atom is -0.497 e. The zero-order valence-electron chi connectivity index (χ0n) is 14.9. The molecule has 0 fully saturated rings. The van der Waals surface area contributed by atoms with Gasteiger partial charge in [0.2, 0.25) is 0 Å². The predicted octanol–water partition coefficient (Wildman–Crippen LogP) is 6.36. The minimum atomic E-state index is 0.861. The van der Waals surface area contributed by atoms with E-state index in [9.17, 15) is 0 Å². The summed E-state index contributed by atoms with van der Waals surface area (Å²) in [5.74, 6) is 1.72. The molecule has 0 N–H and O–H groups in total. The van der Waals surface area contributed by atoms with E-state index in [0.717, 1.165) is 28.6 Å². The molecule has 0 spiro atoms. The van der Waals surface area contributed by atoms with Gasteiger partial charge in [0.1, 0.15) is 11.5 Å². The number of anilines is 3. The maximum absolute atomic E-state index is 5.43. The maximum Gasteiger partial charge on any atom is 0.120 e. The predicted molar refractivity (Wildman–Crippen MR) is 110 cm³/mol. The van der Waals surface area contributed by atoms with Crippen LogP contribution in [0.5, 0.6) is 11.5 Å². The molecule has 0 bridgehead atoms. The summed E-state index contributed by atoms with van der Waals surface area (Å²) in [5, 5.41) is 0.